The summed E-state index contributed by atoms with van der Waals surface area (Å²) in [6.07, 6.45) is 1.66. The van der Waals surface area contributed by atoms with Gasteiger partial charge in [0, 0.05) is 18.8 Å². The Morgan fingerprint density at radius 2 is 1.97 bits per heavy atom. The first-order valence-corrected chi connectivity index (χ1v) is 10.6. The van der Waals surface area contributed by atoms with E-state index in [1.54, 1.807) is 34.8 Å². The highest BCUT2D eigenvalue weighted by Gasteiger charge is 2.27. The van der Waals surface area contributed by atoms with Gasteiger partial charge < -0.3 is 10.2 Å². The Morgan fingerprint density at radius 1 is 1.09 bits per heavy atom. The van der Waals surface area contributed by atoms with E-state index in [1.165, 1.54) is 6.07 Å². The third-order valence-corrected chi connectivity index (χ3v) is 5.62. The quantitative estimate of drug-likeness (QED) is 0.532. The van der Waals surface area contributed by atoms with Gasteiger partial charge in [0.15, 0.2) is 11.5 Å². The van der Waals surface area contributed by atoms with Gasteiger partial charge in [-0.05, 0) is 56.2 Å². The zero-order valence-corrected chi connectivity index (χ0v) is 17.6. The van der Waals surface area contributed by atoms with Crippen LogP contribution in [0.2, 0.25) is 0 Å². The van der Waals surface area contributed by atoms with Crippen LogP contribution in [0.5, 0.6) is 0 Å². The molecule has 1 fully saturated rings. The lowest BCUT2D eigenvalue weighted by atomic mass is 9.97. The maximum Gasteiger partial charge on any atom is 0.230 e. The molecule has 3 aromatic heterocycles. The first-order valence-electron chi connectivity index (χ1n) is 10.6. The van der Waals surface area contributed by atoms with E-state index >= 15 is 0 Å². The summed E-state index contributed by atoms with van der Waals surface area (Å²) < 4.78 is 15.9. The van der Waals surface area contributed by atoms with Crippen molar-refractivity contribution < 1.29 is 9.18 Å². The average Bonchev–Trinajstić information content (AvgIpc) is 3.22. The van der Waals surface area contributed by atoms with Gasteiger partial charge in [-0.25, -0.2) is 9.37 Å². The fraction of sp³-hybridized carbons (Fsp3) is 0.261. The number of fused-ring (bicyclic) bond motifs is 1. The number of benzene rings is 1. The van der Waals surface area contributed by atoms with Crippen LogP contribution in [-0.4, -0.2) is 43.8 Å². The number of piperidine rings is 1. The first-order chi connectivity index (χ1) is 15.6. The molecule has 9 heteroatoms. The molecule has 1 saturated heterocycles. The van der Waals surface area contributed by atoms with Crippen LogP contribution in [0, 0.1) is 18.7 Å². The maximum atomic E-state index is 14.3. The van der Waals surface area contributed by atoms with Crippen molar-refractivity contribution in [2.75, 3.05) is 23.3 Å². The number of halogens is 1. The van der Waals surface area contributed by atoms with Crippen LogP contribution in [0.4, 0.5) is 16.0 Å². The molecule has 8 nitrogen and oxygen atoms in total. The molecule has 0 spiro atoms. The highest BCUT2D eigenvalue weighted by molar-refractivity contribution is 5.92. The lowest BCUT2D eigenvalue weighted by Gasteiger charge is -2.32. The van der Waals surface area contributed by atoms with Gasteiger partial charge >= 0.3 is 0 Å². The van der Waals surface area contributed by atoms with Crippen molar-refractivity contribution in [2.45, 2.75) is 19.8 Å². The van der Waals surface area contributed by atoms with Crippen LogP contribution >= 0.6 is 0 Å². The summed E-state index contributed by atoms with van der Waals surface area (Å²) in [6, 6.07) is 15.6. The van der Waals surface area contributed by atoms with Gasteiger partial charge in [-0.15, -0.1) is 15.3 Å². The summed E-state index contributed by atoms with van der Waals surface area (Å²) in [6.45, 7) is 3.20. The smallest absolute Gasteiger partial charge is 0.230 e. The summed E-state index contributed by atoms with van der Waals surface area (Å²) in [5, 5.41) is 15.8. The molecule has 0 radical (unpaired) electrons. The number of carbonyl (C=O) groups is 1. The SMILES string of the molecule is Cc1cccc(NC(=O)C2CCCN(c3ccc4nnc(-c5ccccc5F)n4n3)C2)n1. The Balaban J connectivity index is 1.38. The molecule has 1 aliphatic heterocycles. The number of hydrogen-bond acceptors (Lipinski definition) is 6. The molecule has 32 heavy (non-hydrogen) atoms. The standard InChI is InChI=1S/C23H22FN7O/c1-15-6-4-10-19(25-15)26-23(32)16-7-5-13-30(14-16)21-12-11-20-27-28-22(31(20)29-21)17-8-2-3-9-18(17)24/h2-4,6,8-12,16H,5,7,13-14H2,1H3,(H,25,26,32). The summed E-state index contributed by atoms with van der Waals surface area (Å²) in [4.78, 5) is 19.3. The second-order valence-corrected chi connectivity index (χ2v) is 7.90. The number of hydrogen-bond donors (Lipinski definition) is 1. The number of pyridine rings is 1. The largest absolute Gasteiger partial charge is 0.354 e. The van der Waals surface area contributed by atoms with Crippen molar-refractivity contribution in [3.8, 4) is 11.4 Å². The Labute approximate surface area is 184 Å². The van der Waals surface area contributed by atoms with E-state index in [0.29, 0.717) is 35.2 Å². The van der Waals surface area contributed by atoms with E-state index in [9.17, 15) is 9.18 Å². The van der Waals surface area contributed by atoms with Crippen molar-refractivity contribution in [1.29, 1.82) is 0 Å². The van der Waals surface area contributed by atoms with Crippen molar-refractivity contribution >= 4 is 23.2 Å². The van der Waals surface area contributed by atoms with Crippen molar-refractivity contribution in [1.82, 2.24) is 24.8 Å². The predicted molar refractivity (Wildman–Crippen MR) is 119 cm³/mol. The Kier molecular flexibility index (Phi) is 5.22. The van der Waals surface area contributed by atoms with E-state index in [1.807, 2.05) is 25.1 Å². The molecule has 162 valence electrons. The van der Waals surface area contributed by atoms with Gasteiger partial charge in [0.25, 0.3) is 0 Å². The molecule has 1 aromatic carbocycles. The average molecular weight is 431 g/mol. The topological polar surface area (TPSA) is 88.3 Å². The molecule has 1 unspecified atom stereocenters. The minimum Gasteiger partial charge on any atom is -0.354 e. The minimum absolute atomic E-state index is 0.0507. The Bertz CT molecular complexity index is 1290. The van der Waals surface area contributed by atoms with Crippen LogP contribution < -0.4 is 10.2 Å². The summed E-state index contributed by atoms with van der Waals surface area (Å²) in [7, 11) is 0. The molecular formula is C23H22FN7O. The highest BCUT2D eigenvalue weighted by atomic mass is 19.1. The third kappa shape index (κ3) is 3.89. The van der Waals surface area contributed by atoms with Crippen LogP contribution in [-0.2, 0) is 4.79 Å². The fourth-order valence-electron chi connectivity index (χ4n) is 4.00. The van der Waals surface area contributed by atoms with Gasteiger partial charge in [-0.1, -0.05) is 18.2 Å². The van der Waals surface area contributed by atoms with Crippen LogP contribution in [0.25, 0.3) is 17.0 Å². The zero-order valence-electron chi connectivity index (χ0n) is 17.6. The summed E-state index contributed by atoms with van der Waals surface area (Å²) in [5.74, 6) is 0.984. The highest BCUT2D eigenvalue weighted by Crippen LogP contribution is 2.25. The van der Waals surface area contributed by atoms with E-state index < -0.39 is 0 Å². The first kappa shape index (κ1) is 20.0. The normalized spacial score (nSPS) is 16.3. The van der Waals surface area contributed by atoms with E-state index in [0.717, 1.165) is 25.1 Å². The molecule has 1 amide bonds. The van der Waals surface area contributed by atoms with Crippen molar-refractivity contribution in [3.05, 3.63) is 66.1 Å². The lowest BCUT2D eigenvalue weighted by molar-refractivity contribution is -0.120. The summed E-state index contributed by atoms with van der Waals surface area (Å²) in [5.41, 5.74) is 1.72. The molecule has 4 aromatic rings. The van der Waals surface area contributed by atoms with Crippen LogP contribution in [0.1, 0.15) is 18.5 Å². The molecule has 4 heterocycles. The number of rotatable bonds is 4. The van der Waals surface area contributed by atoms with E-state index in [4.69, 9.17) is 0 Å². The number of aromatic nitrogens is 5. The van der Waals surface area contributed by atoms with Crippen LogP contribution in [0.15, 0.2) is 54.6 Å². The van der Waals surface area contributed by atoms with Gasteiger partial charge in [0.1, 0.15) is 17.5 Å². The molecular weight excluding hydrogens is 409 g/mol. The lowest BCUT2D eigenvalue weighted by Crippen LogP contribution is -2.41. The number of carbonyl (C=O) groups excluding carboxylic acids is 1. The zero-order chi connectivity index (χ0) is 22.1. The van der Waals surface area contributed by atoms with Gasteiger partial charge in [-0.2, -0.15) is 4.52 Å². The molecule has 0 saturated carbocycles. The van der Waals surface area contributed by atoms with Crippen molar-refractivity contribution in [2.24, 2.45) is 5.92 Å². The monoisotopic (exact) mass is 431 g/mol. The van der Waals surface area contributed by atoms with E-state index in [-0.39, 0.29) is 17.6 Å². The molecule has 1 aliphatic rings. The third-order valence-electron chi connectivity index (χ3n) is 5.62. The maximum absolute atomic E-state index is 14.3. The number of aryl methyl sites for hydroxylation is 1. The second-order valence-electron chi connectivity index (χ2n) is 7.90. The molecule has 0 aliphatic carbocycles. The minimum atomic E-state index is -0.381. The number of anilines is 2. The Morgan fingerprint density at radius 3 is 2.81 bits per heavy atom. The van der Waals surface area contributed by atoms with Gasteiger partial charge in [0.2, 0.25) is 5.91 Å². The van der Waals surface area contributed by atoms with Crippen LogP contribution in [0.3, 0.4) is 0 Å². The van der Waals surface area contributed by atoms with Gasteiger partial charge in [0.05, 0.1) is 11.5 Å². The van der Waals surface area contributed by atoms with Gasteiger partial charge in [-0.3, -0.25) is 4.79 Å². The molecule has 1 N–H and O–H groups in total. The van der Waals surface area contributed by atoms with Crippen molar-refractivity contribution in [3.63, 3.8) is 0 Å². The number of nitrogens with zero attached hydrogens (tertiary/aromatic N) is 6. The fourth-order valence-corrected chi connectivity index (χ4v) is 4.00. The van der Waals surface area contributed by atoms with E-state index in [2.05, 4.69) is 30.5 Å². The molecule has 0 bridgehead atoms. The molecule has 5 rings (SSSR count). The second kappa shape index (κ2) is 8.33. The number of amides is 1. The summed E-state index contributed by atoms with van der Waals surface area (Å²) >= 11 is 0. The predicted octanol–water partition coefficient (Wildman–Crippen LogP) is 3.49. The Hall–Kier alpha value is -3.88. The number of nitrogens with one attached hydrogen (secondary N) is 1. The molecule has 1 atom stereocenters.